The Balaban J connectivity index is 1.73. The van der Waals surface area contributed by atoms with Crippen molar-refractivity contribution in [3.05, 3.63) is 101 Å². The van der Waals surface area contributed by atoms with E-state index >= 15 is 0 Å². The summed E-state index contributed by atoms with van der Waals surface area (Å²) in [6.45, 7) is 8.42. The number of benzene rings is 3. The predicted molar refractivity (Wildman–Crippen MR) is 135 cm³/mol. The van der Waals surface area contributed by atoms with E-state index in [1.54, 1.807) is 7.11 Å². The molecule has 0 saturated heterocycles. The molecule has 0 amide bonds. The quantitative estimate of drug-likeness (QED) is 0.365. The van der Waals surface area contributed by atoms with Gasteiger partial charge in [0.2, 0.25) is 0 Å². The summed E-state index contributed by atoms with van der Waals surface area (Å²) in [5, 5.41) is 0. The second-order valence-electron chi connectivity index (χ2n) is 7.61. The van der Waals surface area contributed by atoms with Crippen molar-refractivity contribution in [3.8, 4) is 16.9 Å². The van der Waals surface area contributed by atoms with Crippen LogP contribution in [0.4, 0.5) is 0 Å². The van der Waals surface area contributed by atoms with E-state index in [0.29, 0.717) is 0 Å². The standard InChI is InChI=1S/C29H31NO/c1-6-23-12-19-28(21(3)20-23)29(7-2)30-22(4)8-9-24-10-13-25(14-11-24)26-15-17-27(31-5)18-16-26/h7-20H,6H2,1-5H3/b9-8+,29-7-,30-22+. The van der Waals surface area contributed by atoms with Crippen molar-refractivity contribution in [2.24, 2.45) is 4.99 Å². The maximum absolute atomic E-state index is 5.23. The van der Waals surface area contributed by atoms with Crippen molar-refractivity contribution >= 4 is 17.5 Å². The Kier molecular flexibility index (Phi) is 7.61. The third kappa shape index (κ3) is 5.82. The van der Waals surface area contributed by atoms with Crippen molar-refractivity contribution in [3.63, 3.8) is 0 Å². The van der Waals surface area contributed by atoms with Crippen LogP contribution in [-0.4, -0.2) is 12.8 Å². The molecule has 3 aromatic rings. The van der Waals surface area contributed by atoms with Crippen LogP contribution in [0.15, 0.2) is 83.9 Å². The molecular formula is C29H31NO. The molecule has 0 spiro atoms. The fourth-order valence-corrected chi connectivity index (χ4v) is 3.53. The Morgan fingerprint density at radius 1 is 0.935 bits per heavy atom. The third-order valence-corrected chi connectivity index (χ3v) is 5.40. The van der Waals surface area contributed by atoms with Gasteiger partial charge in [0.1, 0.15) is 5.75 Å². The molecule has 3 aromatic carbocycles. The molecule has 0 unspecified atom stereocenters. The summed E-state index contributed by atoms with van der Waals surface area (Å²) in [5.41, 5.74) is 9.32. The Hall–Kier alpha value is -3.39. The zero-order valence-corrected chi connectivity index (χ0v) is 19.1. The smallest absolute Gasteiger partial charge is 0.118 e. The van der Waals surface area contributed by atoms with Crippen molar-refractivity contribution in [2.45, 2.75) is 34.1 Å². The van der Waals surface area contributed by atoms with Crippen molar-refractivity contribution < 1.29 is 4.74 Å². The number of methoxy groups -OCH3 is 1. The van der Waals surface area contributed by atoms with Crippen molar-refractivity contribution in [1.29, 1.82) is 0 Å². The highest BCUT2D eigenvalue weighted by Gasteiger charge is 2.04. The van der Waals surface area contributed by atoms with Gasteiger partial charge in [-0.25, -0.2) is 0 Å². The SMILES string of the molecule is C\C=C(/N=C(C)/C=C/c1ccc(-c2ccc(OC)cc2)cc1)c1ccc(CC)cc1C. The van der Waals surface area contributed by atoms with Crippen LogP contribution in [-0.2, 0) is 6.42 Å². The molecule has 0 bridgehead atoms. The molecule has 0 fully saturated rings. The number of hydrogen-bond acceptors (Lipinski definition) is 2. The molecule has 0 N–H and O–H groups in total. The third-order valence-electron chi connectivity index (χ3n) is 5.40. The molecule has 0 radical (unpaired) electrons. The van der Waals surface area contributed by atoms with E-state index in [2.05, 4.69) is 86.7 Å². The van der Waals surface area contributed by atoms with Gasteiger partial charge in [0.25, 0.3) is 0 Å². The van der Waals surface area contributed by atoms with E-state index < -0.39 is 0 Å². The lowest BCUT2D eigenvalue weighted by atomic mass is 10.0. The molecule has 0 heterocycles. The molecule has 31 heavy (non-hydrogen) atoms. The maximum atomic E-state index is 5.23. The number of nitrogens with zero attached hydrogens (tertiary/aromatic N) is 1. The monoisotopic (exact) mass is 409 g/mol. The summed E-state index contributed by atoms with van der Waals surface area (Å²) in [5.74, 6) is 0.870. The molecule has 2 nitrogen and oxygen atoms in total. The van der Waals surface area contributed by atoms with Gasteiger partial charge in [0.15, 0.2) is 0 Å². The van der Waals surface area contributed by atoms with Crippen LogP contribution in [0.2, 0.25) is 0 Å². The fourth-order valence-electron chi connectivity index (χ4n) is 3.53. The molecule has 3 rings (SSSR count). The van der Waals surface area contributed by atoms with E-state index in [-0.39, 0.29) is 0 Å². The molecule has 2 heteroatoms. The summed E-state index contributed by atoms with van der Waals surface area (Å²) in [7, 11) is 1.68. The van der Waals surface area contributed by atoms with Gasteiger partial charge in [-0.1, -0.05) is 73.7 Å². The molecule has 0 aliphatic rings. The minimum atomic E-state index is 0.870. The van der Waals surface area contributed by atoms with Crippen molar-refractivity contribution in [2.75, 3.05) is 7.11 Å². The molecule has 158 valence electrons. The highest BCUT2D eigenvalue weighted by Crippen LogP contribution is 2.24. The first-order valence-electron chi connectivity index (χ1n) is 10.8. The van der Waals surface area contributed by atoms with Crippen molar-refractivity contribution in [1.82, 2.24) is 0 Å². The Morgan fingerprint density at radius 2 is 1.58 bits per heavy atom. The summed E-state index contributed by atoms with van der Waals surface area (Å²) in [6, 6.07) is 23.3. The van der Waals surface area contributed by atoms with Gasteiger partial charge in [0.05, 0.1) is 12.8 Å². The van der Waals surface area contributed by atoms with Gasteiger partial charge in [-0.3, -0.25) is 4.99 Å². The summed E-state index contributed by atoms with van der Waals surface area (Å²) in [6.07, 6.45) is 7.31. The highest BCUT2D eigenvalue weighted by molar-refractivity contribution is 5.99. The molecule has 0 aromatic heterocycles. The van der Waals surface area contributed by atoms with Gasteiger partial charge in [-0.15, -0.1) is 0 Å². The first kappa shape index (κ1) is 22.3. The summed E-state index contributed by atoms with van der Waals surface area (Å²) in [4.78, 5) is 4.86. The van der Waals surface area contributed by atoms with Crippen LogP contribution in [0.25, 0.3) is 22.9 Å². The average Bonchev–Trinajstić information content (AvgIpc) is 2.81. The zero-order valence-electron chi connectivity index (χ0n) is 19.1. The van der Waals surface area contributed by atoms with E-state index in [1.165, 1.54) is 27.8 Å². The Labute approximate surface area is 186 Å². The lowest BCUT2D eigenvalue weighted by Crippen LogP contribution is -1.93. The number of aliphatic imine (C=N–C) groups is 1. The number of hydrogen-bond donors (Lipinski definition) is 0. The van der Waals surface area contributed by atoms with E-state index in [4.69, 9.17) is 9.73 Å². The van der Waals surface area contributed by atoms with Crippen LogP contribution >= 0.6 is 0 Å². The minimum Gasteiger partial charge on any atom is -0.497 e. The summed E-state index contributed by atoms with van der Waals surface area (Å²) >= 11 is 0. The molecule has 0 aliphatic carbocycles. The fraction of sp³-hybridized carbons (Fsp3) is 0.207. The van der Waals surface area contributed by atoms with Crippen LogP contribution in [0.3, 0.4) is 0 Å². The number of rotatable bonds is 7. The van der Waals surface area contributed by atoms with Gasteiger partial charge in [0, 0.05) is 11.3 Å². The zero-order chi connectivity index (χ0) is 22.2. The molecular weight excluding hydrogens is 378 g/mol. The predicted octanol–water partition coefficient (Wildman–Crippen LogP) is 7.77. The van der Waals surface area contributed by atoms with E-state index in [1.807, 2.05) is 26.0 Å². The number of aryl methyl sites for hydroxylation is 2. The highest BCUT2D eigenvalue weighted by atomic mass is 16.5. The molecule has 0 saturated carbocycles. The number of ether oxygens (including phenoxy) is 1. The molecule has 0 atom stereocenters. The number of allylic oxidation sites excluding steroid dienone is 2. The second-order valence-corrected chi connectivity index (χ2v) is 7.61. The minimum absolute atomic E-state index is 0.870. The largest absolute Gasteiger partial charge is 0.497 e. The van der Waals surface area contributed by atoms with Gasteiger partial charge < -0.3 is 4.74 Å². The van der Waals surface area contributed by atoms with Crippen LogP contribution in [0, 0.1) is 6.92 Å². The lowest BCUT2D eigenvalue weighted by molar-refractivity contribution is 0.415. The van der Waals surface area contributed by atoms with Crippen LogP contribution in [0.1, 0.15) is 43.0 Å². The van der Waals surface area contributed by atoms with E-state index in [0.717, 1.165) is 29.1 Å². The van der Waals surface area contributed by atoms with Gasteiger partial charge in [-0.05, 0) is 73.2 Å². The second kappa shape index (κ2) is 10.6. The Bertz CT molecular complexity index is 1100. The maximum Gasteiger partial charge on any atom is 0.118 e. The van der Waals surface area contributed by atoms with E-state index in [9.17, 15) is 0 Å². The normalized spacial score (nSPS) is 12.4. The topological polar surface area (TPSA) is 21.6 Å². The van der Waals surface area contributed by atoms with Gasteiger partial charge >= 0.3 is 0 Å². The van der Waals surface area contributed by atoms with Gasteiger partial charge in [-0.2, -0.15) is 0 Å². The average molecular weight is 410 g/mol. The Morgan fingerprint density at radius 3 is 2.13 bits per heavy atom. The van der Waals surface area contributed by atoms with Crippen LogP contribution < -0.4 is 4.74 Å². The molecule has 0 aliphatic heterocycles. The lowest BCUT2D eigenvalue weighted by Gasteiger charge is -2.09. The van der Waals surface area contributed by atoms with Crippen LogP contribution in [0.5, 0.6) is 5.75 Å². The first-order valence-corrected chi connectivity index (χ1v) is 10.8. The summed E-state index contributed by atoms with van der Waals surface area (Å²) < 4.78 is 5.23. The first-order chi connectivity index (χ1) is 15.0.